The third-order valence-electron chi connectivity index (χ3n) is 7.45. The van der Waals surface area contributed by atoms with Crippen LogP contribution in [0.5, 0.6) is 5.75 Å². The predicted octanol–water partition coefficient (Wildman–Crippen LogP) is 4.12. The second-order valence-corrected chi connectivity index (χ2v) is 9.65. The van der Waals surface area contributed by atoms with E-state index < -0.39 is 17.2 Å². The lowest BCUT2D eigenvalue weighted by molar-refractivity contribution is -0.136. The lowest BCUT2D eigenvalue weighted by Crippen LogP contribution is -2.61. The highest BCUT2D eigenvalue weighted by Crippen LogP contribution is 2.55. The molecule has 4 aliphatic rings. The molecule has 4 aliphatic carbocycles. The van der Waals surface area contributed by atoms with Crippen LogP contribution in [-0.2, 0) is 0 Å². The fourth-order valence-electron chi connectivity index (χ4n) is 6.37. The summed E-state index contributed by atoms with van der Waals surface area (Å²) in [6, 6.07) is 10.5. The molecule has 0 radical (unpaired) electrons. The first-order chi connectivity index (χ1) is 15.4. The van der Waals surface area contributed by atoms with Crippen molar-refractivity contribution in [1.82, 2.24) is 5.32 Å². The number of aliphatic hydroxyl groups is 1. The number of carbonyl (C=O) groups excluding carboxylic acids is 2. The fourth-order valence-corrected chi connectivity index (χ4v) is 6.37. The largest absolute Gasteiger partial charge is 0.493 e. The molecule has 168 valence electrons. The second kappa shape index (κ2) is 8.00. The highest BCUT2D eigenvalue weighted by atomic mass is 19.1. The summed E-state index contributed by atoms with van der Waals surface area (Å²) in [6.45, 7) is 2.15. The molecule has 2 aromatic rings. The van der Waals surface area contributed by atoms with Gasteiger partial charge in [-0.3, -0.25) is 9.59 Å². The quantitative estimate of drug-likeness (QED) is 0.667. The standard InChI is InChI=1S/C26H28FNO4/c1-2-32-22-11-16(24(29)19-5-3-4-6-21(19)27)7-8-20(22)25(30)28-23-17-9-15-10-18(23)14-26(31,12-15)13-17/h3-8,11,15,17-18,23,31H,2,9-10,12-14H2,1H3,(H,28,30)/t15?,17?,18?,23-,26-. The van der Waals surface area contributed by atoms with Crippen LogP contribution in [0.3, 0.4) is 0 Å². The Morgan fingerprint density at radius 2 is 1.81 bits per heavy atom. The Bertz CT molecular complexity index is 1050. The van der Waals surface area contributed by atoms with Crippen LogP contribution in [0, 0.1) is 23.6 Å². The topological polar surface area (TPSA) is 75.6 Å². The van der Waals surface area contributed by atoms with Gasteiger partial charge in [-0.15, -0.1) is 0 Å². The molecule has 0 heterocycles. The van der Waals surface area contributed by atoms with Crippen LogP contribution in [0.4, 0.5) is 4.39 Å². The number of hydrogen-bond donors (Lipinski definition) is 2. The highest BCUT2D eigenvalue weighted by molar-refractivity contribution is 6.10. The molecule has 4 bridgehead atoms. The summed E-state index contributed by atoms with van der Waals surface area (Å²) in [5, 5.41) is 14.0. The van der Waals surface area contributed by atoms with Crippen LogP contribution in [-0.4, -0.2) is 35.0 Å². The van der Waals surface area contributed by atoms with Crippen molar-refractivity contribution >= 4 is 11.7 Å². The molecule has 6 rings (SSSR count). The molecule has 0 saturated heterocycles. The summed E-state index contributed by atoms with van der Waals surface area (Å²) in [7, 11) is 0. The van der Waals surface area contributed by atoms with E-state index in [0.717, 1.165) is 32.1 Å². The van der Waals surface area contributed by atoms with E-state index in [-0.39, 0.29) is 23.1 Å². The van der Waals surface area contributed by atoms with Crippen LogP contribution in [0.25, 0.3) is 0 Å². The van der Waals surface area contributed by atoms with Crippen LogP contribution in [0.2, 0.25) is 0 Å². The van der Waals surface area contributed by atoms with Gasteiger partial charge in [-0.05, 0) is 87.1 Å². The van der Waals surface area contributed by atoms with Gasteiger partial charge in [-0.1, -0.05) is 12.1 Å². The molecule has 0 spiro atoms. The number of amides is 1. The van der Waals surface area contributed by atoms with Gasteiger partial charge in [0.1, 0.15) is 11.6 Å². The molecule has 4 fully saturated rings. The Morgan fingerprint density at radius 3 is 2.47 bits per heavy atom. The van der Waals surface area contributed by atoms with E-state index in [9.17, 15) is 19.1 Å². The van der Waals surface area contributed by atoms with Gasteiger partial charge in [0.25, 0.3) is 5.91 Å². The molecular weight excluding hydrogens is 409 g/mol. The average Bonchev–Trinajstić information content (AvgIpc) is 2.75. The van der Waals surface area contributed by atoms with Crippen LogP contribution in [0.1, 0.15) is 65.3 Å². The van der Waals surface area contributed by atoms with Gasteiger partial charge < -0.3 is 15.2 Å². The van der Waals surface area contributed by atoms with Crippen molar-refractivity contribution in [2.24, 2.45) is 17.8 Å². The van der Waals surface area contributed by atoms with Crippen LogP contribution < -0.4 is 10.1 Å². The van der Waals surface area contributed by atoms with Gasteiger partial charge in [-0.25, -0.2) is 4.39 Å². The summed E-state index contributed by atoms with van der Waals surface area (Å²) < 4.78 is 19.8. The first kappa shape index (κ1) is 21.1. The number of rotatable bonds is 6. The van der Waals surface area contributed by atoms with E-state index in [1.807, 2.05) is 6.92 Å². The Labute approximate surface area is 187 Å². The zero-order valence-corrected chi connectivity index (χ0v) is 18.1. The zero-order chi connectivity index (χ0) is 22.5. The predicted molar refractivity (Wildman–Crippen MR) is 117 cm³/mol. The number of carbonyl (C=O) groups is 2. The lowest BCUT2D eigenvalue weighted by atomic mass is 9.52. The molecule has 4 saturated carbocycles. The minimum Gasteiger partial charge on any atom is -0.493 e. The molecule has 0 aromatic heterocycles. The SMILES string of the molecule is CCOc1cc(C(=O)c2ccccc2F)ccc1C(=O)N[C@H]1C2CC3CC1C[C@](O)(C3)C2. The molecule has 5 nitrogen and oxygen atoms in total. The second-order valence-electron chi connectivity index (χ2n) is 9.65. The molecule has 2 aromatic carbocycles. The maximum atomic E-state index is 14.1. The molecule has 32 heavy (non-hydrogen) atoms. The lowest BCUT2D eigenvalue weighted by Gasteiger charge is -2.58. The third kappa shape index (κ3) is 3.71. The van der Waals surface area contributed by atoms with Gasteiger partial charge in [0.05, 0.1) is 23.3 Å². The Kier molecular flexibility index (Phi) is 5.28. The van der Waals surface area contributed by atoms with Crippen molar-refractivity contribution in [3.63, 3.8) is 0 Å². The van der Waals surface area contributed by atoms with E-state index in [1.165, 1.54) is 24.3 Å². The first-order valence-corrected chi connectivity index (χ1v) is 11.5. The van der Waals surface area contributed by atoms with E-state index in [0.29, 0.717) is 35.7 Å². The van der Waals surface area contributed by atoms with E-state index in [1.54, 1.807) is 18.2 Å². The summed E-state index contributed by atoms with van der Waals surface area (Å²) >= 11 is 0. The van der Waals surface area contributed by atoms with E-state index in [2.05, 4.69) is 5.32 Å². The summed E-state index contributed by atoms with van der Waals surface area (Å²) in [5.41, 5.74) is 0.0678. The van der Waals surface area contributed by atoms with Crippen molar-refractivity contribution in [2.75, 3.05) is 6.61 Å². The number of halogens is 1. The Hall–Kier alpha value is -2.73. The maximum absolute atomic E-state index is 14.1. The number of ether oxygens (including phenoxy) is 1. The molecule has 2 N–H and O–H groups in total. The minimum atomic E-state index is -0.583. The average molecular weight is 438 g/mol. The van der Waals surface area contributed by atoms with Crippen molar-refractivity contribution in [2.45, 2.75) is 50.7 Å². The van der Waals surface area contributed by atoms with Gasteiger partial charge in [0.15, 0.2) is 5.78 Å². The Morgan fingerprint density at radius 1 is 1.09 bits per heavy atom. The fraction of sp³-hybridized carbons (Fsp3) is 0.462. The van der Waals surface area contributed by atoms with Crippen molar-refractivity contribution < 1.29 is 23.8 Å². The number of nitrogens with one attached hydrogen (secondary N) is 1. The van der Waals surface area contributed by atoms with E-state index in [4.69, 9.17) is 4.74 Å². The summed E-state index contributed by atoms with van der Waals surface area (Å²) in [4.78, 5) is 26.0. The van der Waals surface area contributed by atoms with Gasteiger partial charge in [0.2, 0.25) is 0 Å². The zero-order valence-electron chi connectivity index (χ0n) is 18.1. The van der Waals surface area contributed by atoms with Crippen molar-refractivity contribution in [1.29, 1.82) is 0 Å². The minimum absolute atomic E-state index is 0.0151. The van der Waals surface area contributed by atoms with Gasteiger partial charge in [0, 0.05) is 11.6 Å². The maximum Gasteiger partial charge on any atom is 0.255 e. The molecule has 0 aliphatic heterocycles. The molecule has 1 amide bonds. The number of benzene rings is 2. The van der Waals surface area contributed by atoms with Crippen LogP contribution in [0.15, 0.2) is 42.5 Å². The molecule has 6 heteroatoms. The van der Waals surface area contributed by atoms with Crippen LogP contribution >= 0.6 is 0 Å². The summed E-state index contributed by atoms with van der Waals surface area (Å²) in [6.07, 6.45) is 4.50. The normalized spacial score (nSPS) is 30.2. The smallest absolute Gasteiger partial charge is 0.255 e. The number of ketones is 1. The molecule has 2 unspecified atom stereocenters. The van der Waals surface area contributed by atoms with Crippen molar-refractivity contribution in [3.05, 3.63) is 65.0 Å². The number of hydrogen-bond acceptors (Lipinski definition) is 4. The van der Waals surface area contributed by atoms with E-state index >= 15 is 0 Å². The molecule has 2 atom stereocenters. The third-order valence-corrected chi connectivity index (χ3v) is 7.45. The highest BCUT2D eigenvalue weighted by Gasteiger charge is 2.55. The van der Waals surface area contributed by atoms with Gasteiger partial charge in [-0.2, -0.15) is 0 Å². The van der Waals surface area contributed by atoms with Gasteiger partial charge >= 0.3 is 0 Å². The Balaban J connectivity index is 1.38. The first-order valence-electron chi connectivity index (χ1n) is 11.5. The summed E-state index contributed by atoms with van der Waals surface area (Å²) in [5.74, 6) is 0.206. The van der Waals surface area contributed by atoms with Crippen molar-refractivity contribution in [3.8, 4) is 5.75 Å². The monoisotopic (exact) mass is 437 g/mol. The molecular formula is C26H28FNO4.